The molecule has 0 aliphatic heterocycles. The molecule has 2 aromatic carbocycles. The van der Waals surface area contributed by atoms with Gasteiger partial charge in [0.2, 0.25) is 0 Å². The number of thiophene rings is 1. The molecule has 3 aromatic rings. The second-order valence-corrected chi connectivity index (χ2v) is 8.62. The van der Waals surface area contributed by atoms with Crippen LogP contribution in [0.1, 0.15) is 50.4 Å². The molecular weight excluding hydrogens is 366 g/mol. The predicted molar refractivity (Wildman–Crippen MR) is 115 cm³/mol. The highest BCUT2D eigenvalue weighted by Gasteiger charge is 2.25. The van der Waals surface area contributed by atoms with Gasteiger partial charge in [0.15, 0.2) is 5.78 Å². The van der Waals surface area contributed by atoms with Crippen LogP contribution in [-0.4, -0.2) is 11.7 Å². The van der Waals surface area contributed by atoms with Crippen LogP contribution in [0.15, 0.2) is 54.6 Å². The van der Waals surface area contributed by atoms with E-state index in [0.29, 0.717) is 28.5 Å². The highest BCUT2D eigenvalue weighted by atomic mass is 32.1. The Kier molecular flexibility index (Phi) is 5.14. The third-order valence-corrected chi connectivity index (χ3v) is 6.34. The van der Waals surface area contributed by atoms with Gasteiger partial charge in [-0.25, -0.2) is 0 Å². The summed E-state index contributed by atoms with van der Waals surface area (Å²) >= 11 is 1.48. The molecule has 0 bridgehead atoms. The monoisotopic (exact) mass is 389 g/mol. The third-order valence-electron chi connectivity index (χ3n) is 5.22. The lowest BCUT2D eigenvalue weighted by Gasteiger charge is -2.10. The van der Waals surface area contributed by atoms with Gasteiger partial charge in [0, 0.05) is 22.5 Å². The fourth-order valence-electron chi connectivity index (χ4n) is 3.27. The van der Waals surface area contributed by atoms with Gasteiger partial charge < -0.3 is 5.32 Å². The quantitative estimate of drug-likeness (QED) is 0.505. The molecule has 4 rings (SSSR count). The first-order chi connectivity index (χ1) is 13.5. The van der Waals surface area contributed by atoms with Crippen LogP contribution in [0, 0.1) is 19.8 Å². The summed E-state index contributed by atoms with van der Waals surface area (Å²) in [6.45, 7) is 4.01. The highest BCUT2D eigenvalue weighted by Crippen LogP contribution is 2.34. The first kappa shape index (κ1) is 18.6. The van der Waals surface area contributed by atoms with E-state index in [2.05, 4.69) is 24.4 Å². The number of aryl methyl sites for hydroxylation is 2. The van der Waals surface area contributed by atoms with Gasteiger partial charge in [0.1, 0.15) is 0 Å². The van der Waals surface area contributed by atoms with E-state index in [1.54, 1.807) is 0 Å². The summed E-state index contributed by atoms with van der Waals surface area (Å²) in [4.78, 5) is 26.9. The number of hydrogen-bond donors (Lipinski definition) is 1. The molecular formula is C24H23NO2S. The van der Waals surface area contributed by atoms with Gasteiger partial charge in [-0.15, -0.1) is 11.3 Å². The van der Waals surface area contributed by atoms with Crippen LogP contribution in [0.25, 0.3) is 10.4 Å². The molecule has 0 spiro atoms. The number of anilines is 1. The maximum atomic E-state index is 12.8. The van der Waals surface area contributed by atoms with E-state index < -0.39 is 0 Å². The van der Waals surface area contributed by atoms with Crippen molar-refractivity contribution in [2.75, 3.05) is 5.32 Å². The number of carbonyl (C=O) groups excluding carboxylic acids is 2. The van der Waals surface area contributed by atoms with E-state index in [9.17, 15) is 9.59 Å². The lowest BCUT2D eigenvalue weighted by atomic mass is 10.0. The molecule has 4 heteroatoms. The molecule has 0 saturated heterocycles. The molecule has 1 fully saturated rings. The van der Waals surface area contributed by atoms with Gasteiger partial charge in [-0.2, -0.15) is 0 Å². The van der Waals surface area contributed by atoms with Crippen molar-refractivity contribution in [2.45, 2.75) is 33.1 Å². The van der Waals surface area contributed by atoms with Crippen molar-refractivity contribution in [1.29, 1.82) is 0 Å². The Morgan fingerprint density at radius 2 is 1.79 bits per heavy atom. The number of benzene rings is 2. The molecule has 28 heavy (non-hydrogen) atoms. The number of ketones is 1. The molecule has 0 atom stereocenters. The van der Waals surface area contributed by atoms with Crippen LogP contribution < -0.4 is 5.32 Å². The van der Waals surface area contributed by atoms with E-state index >= 15 is 0 Å². The zero-order valence-corrected chi connectivity index (χ0v) is 16.9. The molecule has 1 saturated carbocycles. The second kappa shape index (κ2) is 7.72. The van der Waals surface area contributed by atoms with E-state index in [-0.39, 0.29) is 11.7 Å². The smallest absolute Gasteiger partial charge is 0.265 e. The molecule has 1 heterocycles. The number of rotatable bonds is 6. The maximum Gasteiger partial charge on any atom is 0.265 e. The highest BCUT2D eigenvalue weighted by molar-refractivity contribution is 7.17. The fourth-order valence-corrected chi connectivity index (χ4v) is 4.26. The van der Waals surface area contributed by atoms with Crippen molar-refractivity contribution in [3.63, 3.8) is 0 Å². The summed E-state index contributed by atoms with van der Waals surface area (Å²) in [7, 11) is 0. The van der Waals surface area contributed by atoms with Crippen molar-refractivity contribution in [3.05, 3.63) is 76.2 Å². The Morgan fingerprint density at radius 1 is 1.00 bits per heavy atom. The zero-order valence-electron chi connectivity index (χ0n) is 16.1. The van der Waals surface area contributed by atoms with Crippen molar-refractivity contribution in [1.82, 2.24) is 0 Å². The maximum absolute atomic E-state index is 12.8. The topological polar surface area (TPSA) is 46.2 Å². The summed E-state index contributed by atoms with van der Waals surface area (Å²) in [5.41, 5.74) is 4.67. The number of hydrogen-bond acceptors (Lipinski definition) is 3. The Bertz CT molecular complexity index is 1050. The summed E-state index contributed by atoms with van der Waals surface area (Å²) in [5.74, 6) is 0.577. The zero-order chi connectivity index (χ0) is 19.7. The normalized spacial score (nSPS) is 13.4. The SMILES string of the molecule is Cc1ccc(C(=O)CC2CC2)cc1NC(=O)c1ccc(-c2ccccc2C)s1. The molecule has 1 amide bonds. The van der Waals surface area contributed by atoms with Crippen LogP contribution in [0.3, 0.4) is 0 Å². The standard InChI is InChI=1S/C24H23NO2S/c1-15-5-3-4-6-19(15)22-11-12-23(28-22)24(27)25-20-14-18(10-7-16(20)2)21(26)13-17-8-9-17/h3-7,10-12,14,17H,8-9,13H2,1-2H3,(H,25,27). The lowest BCUT2D eigenvalue weighted by molar-refractivity contribution is 0.0974. The molecule has 1 N–H and O–H groups in total. The second-order valence-electron chi connectivity index (χ2n) is 7.53. The summed E-state index contributed by atoms with van der Waals surface area (Å²) in [6.07, 6.45) is 2.92. The number of carbonyl (C=O) groups is 2. The minimum absolute atomic E-state index is 0.139. The number of Topliss-reactive ketones (excluding diaryl/α,β-unsaturated/α-hetero) is 1. The van der Waals surface area contributed by atoms with E-state index in [1.807, 2.05) is 49.4 Å². The predicted octanol–water partition coefficient (Wildman–Crippen LogP) is 6.27. The van der Waals surface area contributed by atoms with Crippen molar-refractivity contribution in [3.8, 4) is 10.4 Å². The Morgan fingerprint density at radius 3 is 2.54 bits per heavy atom. The Balaban J connectivity index is 1.52. The molecule has 0 radical (unpaired) electrons. The van der Waals surface area contributed by atoms with Crippen LogP contribution in [0.5, 0.6) is 0 Å². The summed E-state index contributed by atoms with van der Waals surface area (Å²) < 4.78 is 0. The third kappa shape index (κ3) is 4.07. The average Bonchev–Trinajstić information content (AvgIpc) is 3.36. The fraction of sp³-hybridized carbons (Fsp3) is 0.250. The van der Waals surface area contributed by atoms with Crippen LogP contribution >= 0.6 is 11.3 Å². The average molecular weight is 390 g/mol. The Labute approximate surface area is 169 Å². The van der Waals surface area contributed by atoms with Crippen molar-refractivity contribution < 1.29 is 9.59 Å². The first-order valence-corrected chi connectivity index (χ1v) is 10.4. The Hall–Kier alpha value is -2.72. The minimum Gasteiger partial charge on any atom is -0.321 e. The van der Waals surface area contributed by atoms with Crippen molar-refractivity contribution in [2.24, 2.45) is 5.92 Å². The van der Waals surface area contributed by atoms with Gasteiger partial charge in [0.05, 0.1) is 4.88 Å². The van der Waals surface area contributed by atoms with Crippen molar-refractivity contribution >= 4 is 28.7 Å². The van der Waals surface area contributed by atoms with Gasteiger partial charge in [-0.3, -0.25) is 9.59 Å². The van der Waals surface area contributed by atoms with E-state index in [1.165, 1.54) is 16.9 Å². The lowest BCUT2D eigenvalue weighted by Crippen LogP contribution is -2.12. The molecule has 1 aromatic heterocycles. The molecule has 3 nitrogen and oxygen atoms in total. The van der Waals surface area contributed by atoms with Crippen LogP contribution in [-0.2, 0) is 0 Å². The van der Waals surface area contributed by atoms with Crippen LogP contribution in [0.2, 0.25) is 0 Å². The number of nitrogens with one attached hydrogen (secondary N) is 1. The largest absolute Gasteiger partial charge is 0.321 e. The summed E-state index contributed by atoms with van der Waals surface area (Å²) in [5, 5.41) is 2.99. The molecule has 1 aliphatic carbocycles. The van der Waals surface area contributed by atoms with Gasteiger partial charge >= 0.3 is 0 Å². The van der Waals surface area contributed by atoms with E-state index in [4.69, 9.17) is 0 Å². The number of amides is 1. The molecule has 0 unspecified atom stereocenters. The molecule has 142 valence electrons. The minimum atomic E-state index is -0.139. The van der Waals surface area contributed by atoms with E-state index in [0.717, 1.165) is 28.8 Å². The summed E-state index contributed by atoms with van der Waals surface area (Å²) in [6, 6.07) is 17.6. The van der Waals surface area contributed by atoms with Crippen LogP contribution in [0.4, 0.5) is 5.69 Å². The van der Waals surface area contributed by atoms with Gasteiger partial charge in [-0.1, -0.05) is 36.4 Å². The first-order valence-electron chi connectivity index (χ1n) is 9.62. The van der Waals surface area contributed by atoms with Gasteiger partial charge in [0.25, 0.3) is 5.91 Å². The molecule has 1 aliphatic rings. The van der Waals surface area contributed by atoms with Gasteiger partial charge in [-0.05, 0) is 67.5 Å².